The Bertz CT molecular complexity index is 1970. The fourth-order valence-corrected chi connectivity index (χ4v) is 9.00. The number of rotatable bonds is 7. The minimum atomic E-state index is -3.90. The van der Waals surface area contributed by atoms with E-state index >= 15 is 0 Å². The molecule has 15 nitrogen and oxygen atoms in total. The van der Waals surface area contributed by atoms with Crippen molar-refractivity contribution in [2.45, 2.75) is 120 Å². The average molecular weight is 790 g/mol. The van der Waals surface area contributed by atoms with Crippen molar-refractivity contribution in [3.05, 3.63) is 36.5 Å². The summed E-state index contributed by atoms with van der Waals surface area (Å²) in [5.74, 6) is -1.39. The molecule has 17 heteroatoms. The van der Waals surface area contributed by atoms with E-state index in [1.54, 1.807) is 13.2 Å². The van der Waals surface area contributed by atoms with Crippen LogP contribution in [0.3, 0.4) is 0 Å². The first-order valence-corrected chi connectivity index (χ1v) is 20.5. The summed E-state index contributed by atoms with van der Waals surface area (Å²) < 4.78 is 45.3. The molecule has 1 unspecified atom stereocenters. The molecule has 293 valence electrons. The fraction of sp³-hybridized carbons (Fsp3) is 0.632. The summed E-state index contributed by atoms with van der Waals surface area (Å²) in [6.07, 6.45) is 5.93. The van der Waals surface area contributed by atoms with Crippen molar-refractivity contribution >= 4 is 74.4 Å². The zero-order valence-electron chi connectivity index (χ0n) is 32.3. The molecule has 2 bridgehead atoms. The summed E-state index contributed by atoms with van der Waals surface area (Å²) in [4.78, 5) is 66.8. The van der Waals surface area contributed by atoms with Crippen LogP contribution in [-0.4, -0.2) is 125 Å². The number of sulfonamides is 1. The van der Waals surface area contributed by atoms with E-state index in [2.05, 4.69) is 21.9 Å². The number of hydrogen-bond donors (Lipinski definition) is 3. The standard InChI is InChI=1S/C38H50N6O9S.Na/c1-6-22-19-38(22,35(47)43-54(49,50)25-13-14-25)42-32(45)29-18-24-20-44(29)34(46)31(37(2,3)4)41-36(48)53-30-16-21(30)10-8-7-9-11-27-33(52-24)40-28-17-23(51-5)12-15-26(28)39-27;/h6,12,15,17,21-22,24-25,29-31H,1,7-11,13-14,16,18-20H2,2-5H3,(H,41,48)(H,42,45)(H,43,47);/t21-,22-,24-,29+,30-,31?,38-;/m1./s1. The molecule has 3 aliphatic carbocycles. The predicted octanol–water partition coefficient (Wildman–Crippen LogP) is 2.92. The van der Waals surface area contributed by atoms with Gasteiger partial charge in [0.1, 0.15) is 41.3 Å². The van der Waals surface area contributed by atoms with Crippen LogP contribution < -0.4 is 24.8 Å². The summed E-state index contributed by atoms with van der Waals surface area (Å²) in [6, 6.07) is 3.20. The van der Waals surface area contributed by atoms with Crippen molar-refractivity contribution in [1.29, 1.82) is 0 Å². The molecule has 2 aromatic rings. The second-order valence-electron chi connectivity index (χ2n) is 16.5. The Morgan fingerprint density at radius 2 is 1.84 bits per heavy atom. The second-order valence-corrected chi connectivity index (χ2v) is 18.4. The first-order chi connectivity index (χ1) is 25.6. The van der Waals surface area contributed by atoms with Gasteiger partial charge in [-0.25, -0.2) is 23.2 Å². The topological polar surface area (TPSA) is 195 Å². The van der Waals surface area contributed by atoms with Gasteiger partial charge in [0.25, 0.3) is 5.91 Å². The molecule has 1 aromatic heterocycles. The molecule has 1 saturated heterocycles. The number of nitrogens with one attached hydrogen (secondary N) is 3. The van der Waals surface area contributed by atoms with Crippen molar-refractivity contribution in [1.82, 2.24) is 30.2 Å². The van der Waals surface area contributed by atoms with Crippen molar-refractivity contribution < 1.29 is 41.8 Å². The third-order valence-corrected chi connectivity index (χ3v) is 13.1. The Morgan fingerprint density at radius 1 is 1.07 bits per heavy atom. The third-order valence-electron chi connectivity index (χ3n) is 11.3. The van der Waals surface area contributed by atoms with E-state index in [9.17, 15) is 27.6 Å². The normalized spacial score (nSPS) is 29.7. The number of benzene rings is 1. The van der Waals surface area contributed by atoms with Crippen molar-refractivity contribution in [3.8, 4) is 11.6 Å². The van der Waals surface area contributed by atoms with Crippen LogP contribution in [0.25, 0.3) is 11.0 Å². The van der Waals surface area contributed by atoms with Gasteiger partial charge in [0.05, 0.1) is 29.9 Å². The van der Waals surface area contributed by atoms with E-state index in [1.807, 2.05) is 32.9 Å². The number of nitrogens with zero attached hydrogens (tertiary/aromatic N) is 3. The first kappa shape index (κ1) is 41.2. The van der Waals surface area contributed by atoms with Gasteiger partial charge < -0.3 is 29.7 Å². The molecular weight excluding hydrogens is 740 g/mol. The van der Waals surface area contributed by atoms with Gasteiger partial charge in [-0.15, -0.1) is 6.58 Å². The Morgan fingerprint density at radius 3 is 2.51 bits per heavy atom. The van der Waals surface area contributed by atoms with Crippen LogP contribution in [0, 0.1) is 17.3 Å². The second kappa shape index (κ2) is 15.8. The van der Waals surface area contributed by atoms with Crippen LogP contribution in [-0.2, 0) is 35.6 Å². The smallest absolute Gasteiger partial charge is 0.408 e. The van der Waals surface area contributed by atoms with Gasteiger partial charge in [0.15, 0.2) is 0 Å². The molecular formula is C38H50N6NaO9S. The van der Waals surface area contributed by atoms with E-state index in [1.165, 1.54) is 11.0 Å². The Kier molecular flexibility index (Phi) is 11.8. The zero-order chi connectivity index (χ0) is 38.6. The van der Waals surface area contributed by atoms with Crippen LogP contribution in [0.4, 0.5) is 4.79 Å². The monoisotopic (exact) mass is 789 g/mol. The van der Waals surface area contributed by atoms with Gasteiger partial charge in [-0.1, -0.05) is 39.7 Å². The molecule has 0 spiro atoms. The largest absolute Gasteiger partial charge is 0.497 e. The van der Waals surface area contributed by atoms with Gasteiger partial charge in [0.2, 0.25) is 27.7 Å². The van der Waals surface area contributed by atoms with Crippen LogP contribution in [0.2, 0.25) is 0 Å². The van der Waals surface area contributed by atoms with Crippen LogP contribution >= 0.6 is 0 Å². The number of amides is 4. The summed E-state index contributed by atoms with van der Waals surface area (Å²) in [5.41, 5.74) is -0.451. The van der Waals surface area contributed by atoms with E-state index < -0.39 is 74.1 Å². The molecule has 1 radical (unpaired) electrons. The summed E-state index contributed by atoms with van der Waals surface area (Å²) in [7, 11) is -2.33. The van der Waals surface area contributed by atoms with Crippen LogP contribution in [0.1, 0.15) is 84.3 Å². The Labute approximate surface area is 343 Å². The SMILES string of the molecule is C=C[C@@H]1C[C@]1(NC(=O)[C@@H]1C[C@@H]2CN1C(=O)C(C(C)(C)C)NC(=O)O[C@@H]1C[C@H]1CCCCCc1nc3ccc(OC)cc3nc1O2)C(=O)NS(=O)(=O)C1CC1.[Na]. The van der Waals surface area contributed by atoms with Gasteiger partial charge in [-0.3, -0.25) is 19.1 Å². The molecule has 7 rings (SSSR count). The van der Waals surface area contributed by atoms with Gasteiger partial charge in [-0.2, -0.15) is 0 Å². The average Bonchev–Trinajstić information content (AvgIpc) is 4.04. The number of alkyl carbamates (subject to hydrolysis) is 1. The molecule has 4 amide bonds. The molecule has 3 saturated carbocycles. The molecule has 3 N–H and O–H groups in total. The molecule has 55 heavy (non-hydrogen) atoms. The Balaban J connectivity index is 0.00000514. The van der Waals surface area contributed by atoms with Gasteiger partial charge >= 0.3 is 6.09 Å². The predicted molar refractivity (Wildman–Crippen MR) is 203 cm³/mol. The zero-order valence-corrected chi connectivity index (χ0v) is 35.1. The first-order valence-electron chi connectivity index (χ1n) is 18.9. The number of aromatic nitrogens is 2. The number of carbonyl (C=O) groups excluding carboxylic acids is 4. The molecule has 7 atom stereocenters. The molecule has 2 aliphatic heterocycles. The van der Waals surface area contributed by atoms with Gasteiger partial charge in [-0.05, 0) is 68.4 Å². The third kappa shape index (κ3) is 8.92. The van der Waals surface area contributed by atoms with E-state index in [-0.39, 0.29) is 61.0 Å². The van der Waals surface area contributed by atoms with E-state index in [4.69, 9.17) is 24.2 Å². The summed E-state index contributed by atoms with van der Waals surface area (Å²) in [5, 5.41) is 4.96. The maximum Gasteiger partial charge on any atom is 0.408 e. The van der Waals surface area contributed by atoms with Gasteiger partial charge in [0, 0.05) is 48.0 Å². The summed E-state index contributed by atoms with van der Waals surface area (Å²) in [6.45, 7) is 9.18. The van der Waals surface area contributed by atoms with Crippen LogP contribution in [0.15, 0.2) is 30.9 Å². The minimum Gasteiger partial charge on any atom is -0.497 e. The Hall–Kier alpha value is -3.47. The number of hydrogen-bond acceptors (Lipinski definition) is 11. The van der Waals surface area contributed by atoms with Crippen molar-refractivity contribution in [2.24, 2.45) is 17.3 Å². The maximum atomic E-state index is 14.6. The molecule has 1 aromatic carbocycles. The van der Waals surface area contributed by atoms with Crippen molar-refractivity contribution in [3.63, 3.8) is 0 Å². The molecule has 3 heterocycles. The number of ether oxygens (including phenoxy) is 3. The quantitative estimate of drug-likeness (QED) is 0.276. The number of aryl methyl sites for hydroxylation is 1. The van der Waals surface area contributed by atoms with Crippen LogP contribution in [0.5, 0.6) is 11.6 Å². The van der Waals surface area contributed by atoms with E-state index in [0.717, 1.165) is 32.1 Å². The number of fused-ring (bicyclic) bond motifs is 5. The molecule has 4 fully saturated rings. The van der Waals surface area contributed by atoms with Crippen molar-refractivity contribution in [2.75, 3.05) is 13.7 Å². The minimum absolute atomic E-state index is 0. The molecule has 5 aliphatic rings. The maximum absolute atomic E-state index is 14.6. The number of methoxy groups -OCH3 is 1. The summed E-state index contributed by atoms with van der Waals surface area (Å²) >= 11 is 0. The van der Waals surface area contributed by atoms with E-state index in [0.29, 0.717) is 47.6 Å². The number of carbonyl (C=O) groups is 4. The fourth-order valence-electron chi connectivity index (χ4n) is 7.64.